The zero-order valence-corrected chi connectivity index (χ0v) is 7.06. The minimum absolute atomic E-state index is 0.146. The number of aromatic nitrogens is 1. The fourth-order valence-corrected chi connectivity index (χ4v) is 1.37. The maximum absolute atomic E-state index is 5.86. The average molecular weight is 190 g/mol. The normalized spacial score (nSPS) is 21.8. The Hall–Kier alpha value is -0.310. The molecule has 2 rings (SSSR count). The second-order valence-corrected chi connectivity index (χ2v) is 3.14. The van der Waals surface area contributed by atoms with Crippen LogP contribution in [0.5, 0.6) is 0 Å². The summed E-state index contributed by atoms with van der Waals surface area (Å²) < 4.78 is 5.05. The van der Waals surface area contributed by atoms with Gasteiger partial charge in [-0.15, -0.1) is 0 Å². The van der Waals surface area contributed by atoms with Gasteiger partial charge in [-0.3, -0.25) is 0 Å². The molecule has 1 aliphatic heterocycles. The van der Waals surface area contributed by atoms with Gasteiger partial charge in [0.05, 0.1) is 11.6 Å². The lowest BCUT2D eigenvalue weighted by Gasteiger charge is -1.97. The lowest BCUT2D eigenvalue weighted by atomic mass is 10.2. The number of hydrogen-bond donors (Lipinski definition) is 0. The van der Waals surface area contributed by atoms with E-state index in [-0.39, 0.29) is 6.10 Å². The van der Waals surface area contributed by atoms with Gasteiger partial charge in [-0.2, -0.15) is 0 Å². The van der Waals surface area contributed by atoms with Crippen molar-refractivity contribution in [2.24, 2.45) is 0 Å². The third kappa shape index (κ3) is 1.48. The molecule has 0 saturated carbocycles. The molecular weight excluding hydrogens is 185 g/mol. The van der Waals surface area contributed by atoms with E-state index in [1.54, 1.807) is 12.3 Å². The third-order valence-corrected chi connectivity index (χ3v) is 2.06. The average Bonchev–Trinajstić information content (AvgIpc) is 2.70. The number of epoxide rings is 1. The maximum atomic E-state index is 5.86. The van der Waals surface area contributed by atoms with Crippen LogP contribution in [0.4, 0.5) is 0 Å². The van der Waals surface area contributed by atoms with Crippen LogP contribution in [0, 0.1) is 0 Å². The Morgan fingerprint density at radius 2 is 2.27 bits per heavy atom. The van der Waals surface area contributed by atoms with Crippen LogP contribution >= 0.6 is 23.2 Å². The summed E-state index contributed by atoms with van der Waals surface area (Å²) in [5.41, 5.74) is 0.927. The lowest BCUT2D eigenvalue weighted by molar-refractivity contribution is 0.415. The van der Waals surface area contributed by atoms with E-state index in [1.807, 2.05) is 0 Å². The fourth-order valence-electron chi connectivity index (χ4n) is 0.883. The van der Waals surface area contributed by atoms with Crippen molar-refractivity contribution < 1.29 is 4.74 Å². The maximum Gasteiger partial charge on any atom is 0.130 e. The summed E-state index contributed by atoms with van der Waals surface area (Å²) in [5.74, 6) is 0. The van der Waals surface area contributed by atoms with E-state index in [0.717, 1.165) is 12.2 Å². The summed E-state index contributed by atoms with van der Waals surface area (Å²) in [4.78, 5) is 3.90. The fraction of sp³-hybridized carbons (Fsp3) is 0.286. The Morgan fingerprint density at radius 3 is 2.82 bits per heavy atom. The van der Waals surface area contributed by atoms with Crippen LogP contribution in [0.3, 0.4) is 0 Å². The Morgan fingerprint density at radius 1 is 1.55 bits per heavy atom. The molecule has 2 nitrogen and oxygen atoms in total. The molecule has 0 bridgehead atoms. The highest BCUT2D eigenvalue weighted by Crippen LogP contribution is 2.34. The van der Waals surface area contributed by atoms with Gasteiger partial charge in [0.2, 0.25) is 0 Å². The van der Waals surface area contributed by atoms with Crippen LogP contribution in [-0.4, -0.2) is 11.6 Å². The van der Waals surface area contributed by atoms with Crippen LogP contribution < -0.4 is 0 Å². The predicted octanol–water partition coefficient (Wildman–Crippen LogP) is 2.46. The largest absolute Gasteiger partial charge is 0.368 e. The van der Waals surface area contributed by atoms with E-state index in [0.29, 0.717) is 10.2 Å². The zero-order chi connectivity index (χ0) is 7.84. The number of pyridine rings is 1. The van der Waals surface area contributed by atoms with Gasteiger partial charge in [0.1, 0.15) is 11.3 Å². The van der Waals surface area contributed by atoms with Crippen molar-refractivity contribution in [3.63, 3.8) is 0 Å². The van der Waals surface area contributed by atoms with Gasteiger partial charge in [-0.25, -0.2) is 4.98 Å². The molecule has 4 heteroatoms. The van der Waals surface area contributed by atoms with Crippen molar-refractivity contribution in [1.82, 2.24) is 4.98 Å². The first-order chi connectivity index (χ1) is 5.27. The highest BCUT2D eigenvalue weighted by molar-refractivity contribution is 6.34. The number of halogens is 2. The first-order valence-corrected chi connectivity index (χ1v) is 3.95. The second kappa shape index (κ2) is 2.63. The van der Waals surface area contributed by atoms with E-state index < -0.39 is 0 Å². The summed E-state index contributed by atoms with van der Waals surface area (Å²) >= 11 is 11.5. The van der Waals surface area contributed by atoms with Crippen molar-refractivity contribution in [1.29, 1.82) is 0 Å². The van der Waals surface area contributed by atoms with E-state index >= 15 is 0 Å². The molecule has 58 valence electrons. The summed E-state index contributed by atoms with van der Waals surface area (Å²) in [6.07, 6.45) is 1.80. The molecule has 2 heterocycles. The topological polar surface area (TPSA) is 25.4 Å². The Bertz CT molecular complexity index is 286. The van der Waals surface area contributed by atoms with Crippen molar-refractivity contribution in [3.8, 4) is 0 Å². The second-order valence-electron chi connectivity index (χ2n) is 2.35. The van der Waals surface area contributed by atoms with Crippen LogP contribution in [0.2, 0.25) is 10.2 Å². The smallest absolute Gasteiger partial charge is 0.130 e. The standard InChI is InChI=1S/C7H5Cl2NO/c8-5-1-7(9)10-2-4(5)6-3-11-6/h1-2,6H,3H2/t6-/m0/s1. The molecule has 1 saturated heterocycles. The first-order valence-electron chi connectivity index (χ1n) is 3.20. The molecule has 1 fully saturated rings. The Kier molecular flexibility index (Phi) is 1.75. The molecule has 0 aliphatic carbocycles. The number of nitrogens with zero attached hydrogens (tertiary/aromatic N) is 1. The van der Waals surface area contributed by atoms with Crippen LogP contribution in [0.1, 0.15) is 11.7 Å². The third-order valence-electron chi connectivity index (χ3n) is 1.53. The van der Waals surface area contributed by atoms with Crippen LogP contribution in [0.15, 0.2) is 12.3 Å². The molecule has 0 unspecified atom stereocenters. The van der Waals surface area contributed by atoms with Gasteiger partial charge in [-0.1, -0.05) is 23.2 Å². The summed E-state index contributed by atoms with van der Waals surface area (Å²) in [5, 5.41) is 1.05. The van der Waals surface area contributed by atoms with E-state index in [4.69, 9.17) is 27.9 Å². The molecular formula is C7H5Cl2NO. The van der Waals surface area contributed by atoms with E-state index in [1.165, 1.54) is 0 Å². The van der Waals surface area contributed by atoms with Crippen molar-refractivity contribution in [3.05, 3.63) is 28.0 Å². The van der Waals surface area contributed by atoms with E-state index in [9.17, 15) is 0 Å². The summed E-state index contributed by atoms with van der Waals surface area (Å²) in [6.45, 7) is 0.739. The SMILES string of the molecule is Clc1cc(Cl)c([C@@H]2CO2)cn1. The number of rotatable bonds is 1. The minimum Gasteiger partial charge on any atom is -0.368 e. The molecule has 1 aliphatic rings. The molecule has 1 aromatic heterocycles. The molecule has 0 radical (unpaired) electrons. The minimum atomic E-state index is 0.146. The summed E-state index contributed by atoms with van der Waals surface area (Å²) in [6, 6.07) is 1.63. The molecule has 0 N–H and O–H groups in total. The van der Waals surface area contributed by atoms with Gasteiger partial charge in [0, 0.05) is 11.8 Å². The molecule has 1 aromatic rings. The van der Waals surface area contributed by atoms with Crippen molar-refractivity contribution in [2.75, 3.05) is 6.61 Å². The molecule has 1 atom stereocenters. The quantitative estimate of drug-likeness (QED) is 0.502. The lowest BCUT2D eigenvalue weighted by Crippen LogP contribution is -1.85. The number of ether oxygens (including phenoxy) is 1. The van der Waals surface area contributed by atoms with Gasteiger partial charge in [0.25, 0.3) is 0 Å². The van der Waals surface area contributed by atoms with Crippen molar-refractivity contribution in [2.45, 2.75) is 6.10 Å². The monoisotopic (exact) mass is 189 g/mol. The van der Waals surface area contributed by atoms with Gasteiger partial charge < -0.3 is 4.74 Å². The molecule has 0 amide bonds. The predicted molar refractivity (Wildman–Crippen MR) is 43.0 cm³/mol. The highest BCUT2D eigenvalue weighted by atomic mass is 35.5. The van der Waals surface area contributed by atoms with Crippen molar-refractivity contribution >= 4 is 23.2 Å². The first kappa shape index (κ1) is 7.35. The van der Waals surface area contributed by atoms with E-state index in [2.05, 4.69) is 4.98 Å². The molecule has 11 heavy (non-hydrogen) atoms. The van der Waals surface area contributed by atoms with Crippen LogP contribution in [0.25, 0.3) is 0 Å². The van der Waals surface area contributed by atoms with Gasteiger partial charge >= 0.3 is 0 Å². The highest BCUT2D eigenvalue weighted by Gasteiger charge is 2.27. The molecule has 0 spiro atoms. The zero-order valence-electron chi connectivity index (χ0n) is 5.55. The Labute approximate surface area is 74.1 Å². The molecule has 0 aromatic carbocycles. The summed E-state index contributed by atoms with van der Waals surface area (Å²) in [7, 11) is 0. The van der Waals surface area contributed by atoms with Crippen LogP contribution in [-0.2, 0) is 4.74 Å². The number of hydrogen-bond acceptors (Lipinski definition) is 2. The van der Waals surface area contributed by atoms with Gasteiger partial charge in [0.15, 0.2) is 0 Å². The van der Waals surface area contributed by atoms with Gasteiger partial charge in [-0.05, 0) is 6.07 Å². The Balaban J connectivity index is 2.39.